The third-order valence-electron chi connectivity index (χ3n) is 5.99. The number of rotatable bonds is 10. The maximum Gasteiger partial charge on any atom is 0.401 e. The number of nitrogens with one attached hydrogen (secondary N) is 2. The number of aliphatic imine (C=N–C) groups is 1. The zero-order valence-electron chi connectivity index (χ0n) is 20.8. The maximum atomic E-state index is 14.8. The van der Waals surface area contributed by atoms with Crippen molar-refractivity contribution in [1.82, 2.24) is 15.1 Å². The lowest BCUT2D eigenvalue weighted by molar-refractivity contribution is -0.165. The predicted octanol–water partition coefficient (Wildman–Crippen LogP) is 3.68. The Morgan fingerprint density at radius 3 is 2.51 bits per heavy atom. The molecule has 39 heavy (non-hydrogen) atoms. The molecule has 1 aliphatic carbocycles. The lowest BCUT2D eigenvalue weighted by Gasteiger charge is -2.14. The number of nitrogens with zero attached hydrogens (tertiary/aromatic N) is 4. The summed E-state index contributed by atoms with van der Waals surface area (Å²) >= 11 is 0. The summed E-state index contributed by atoms with van der Waals surface area (Å²) in [4.78, 5) is 24.9. The second-order valence-corrected chi connectivity index (χ2v) is 9.20. The van der Waals surface area contributed by atoms with Crippen molar-refractivity contribution in [2.45, 2.75) is 43.8 Å². The number of benzene rings is 1. The number of aromatic nitrogens is 3. The van der Waals surface area contributed by atoms with E-state index < -0.39 is 23.3 Å². The van der Waals surface area contributed by atoms with E-state index in [4.69, 9.17) is 16.0 Å². The van der Waals surface area contributed by atoms with Gasteiger partial charge in [-0.15, -0.1) is 0 Å². The van der Waals surface area contributed by atoms with E-state index in [-0.39, 0.29) is 48.4 Å². The van der Waals surface area contributed by atoms with E-state index in [1.165, 1.54) is 36.9 Å². The third-order valence-corrected chi connectivity index (χ3v) is 5.99. The fourth-order valence-electron chi connectivity index (χ4n) is 3.69. The SMILES string of the molecule is CC(N)CN=CC(=CN)Nc1ncc(-c2ccc(CC(=O)Nc3cc(C4(C(F)(F)F)CC4)on3)c(F)c2)cn1. The van der Waals surface area contributed by atoms with Crippen LogP contribution in [-0.2, 0) is 16.6 Å². The van der Waals surface area contributed by atoms with Gasteiger partial charge in [0.1, 0.15) is 11.2 Å². The molecule has 3 aromatic rings. The lowest BCUT2D eigenvalue weighted by atomic mass is 10.0. The highest BCUT2D eigenvalue weighted by Crippen LogP contribution is 2.59. The molecule has 10 nitrogen and oxygen atoms in total. The Labute approximate surface area is 220 Å². The fourth-order valence-corrected chi connectivity index (χ4v) is 3.69. The molecule has 1 unspecified atom stereocenters. The number of alkyl halides is 3. The summed E-state index contributed by atoms with van der Waals surface area (Å²) in [5, 5.41) is 8.75. The molecular weight excluding hydrogens is 520 g/mol. The topological polar surface area (TPSA) is 157 Å². The zero-order valence-corrected chi connectivity index (χ0v) is 20.8. The van der Waals surface area contributed by atoms with Gasteiger partial charge in [0.25, 0.3) is 0 Å². The predicted molar refractivity (Wildman–Crippen MR) is 136 cm³/mol. The van der Waals surface area contributed by atoms with Crippen LogP contribution in [0.3, 0.4) is 0 Å². The van der Waals surface area contributed by atoms with Crippen molar-refractivity contribution >= 4 is 23.9 Å². The molecule has 1 fully saturated rings. The van der Waals surface area contributed by atoms with Crippen molar-refractivity contribution in [2.75, 3.05) is 17.2 Å². The van der Waals surface area contributed by atoms with E-state index in [0.717, 1.165) is 6.07 Å². The van der Waals surface area contributed by atoms with Crippen LogP contribution in [0.15, 0.2) is 58.1 Å². The number of carbonyl (C=O) groups excluding carboxylic acids is 1. The van der Waals surface area contributed by atoms with E-state index in [2.05, 4.69) is 30.8 Å². The van der Waals surface area contributed by atoms with Gasteiger partial charge in [-0.2, -0.15) is 13.2 Å². The van der Waals surface area contributed by atoms with Crippen LogP contribution in [0.2, 0.25) is 0 Å². The molecule has 4 rings (SSSR count). The van der Waals surface area contributed by atoms with Crippen molar-refractivity contribution in [1.29, 1.82) is 0 Å². The van der Waals surface area contributed by atoms with E-state index in [1.807, 2.05) is 6.92 Å². The number of hydrogen-bond acceptors (Lipinski definition) is 9. The summed E-state index contributed by atoms with van der Waals surface area (Å²) in [6, 6.07) is 5.21. The molecule has 0 radical (unpaired) electrons. The number of hydrogen-bond donors (Lipinski definition) is 4. The second-order valence-electron chi connectivity index (χ2n) is 9.20. The van der Waals surface area contributed by atoms with Gasteiger partial charge in [-0.25, -0.2) is 14.4 Å². The molecule has 1 atom stereocenters. The monoisotopic (exact) mass is 546 g/mol. The molecule has 206 valence electrons. The van der Waals surface area contributed by atoms with Gasteiger partial charge in [0.2, 0.25) is 11.9 Å². The highest BCUT2D eigenvalue weighted by molar-refractivity contribution is 5.91. The molecule has 0 aliphatic heterocycles. The average Bonchev–Trinajstić information content (AvgIpc) is 3.58. The number of halogens is 4. The van der Waals surface area contributed by atoms with Crippen LogP contribution in [0.4, 0.5) is 29.3 Å². The van der Waals surface area contributed by atoms with Gasteiger partial charge in [-0.05, 0) is 37.0 Å². The van der Waals surface area contributed by atoms with Gasteiger partial charge >= 0.3 is 6.18 Å². The Hall–Kier alpha value is -4.33. The van der Waals surface area contributed by atoms with Crippen LogP contribution in [0.25, 0.3) is 11.1 Å². The molecule has 1 amide bonds. The van der Waals surface area contributed by atoms with Crippen LogP contribution in [0.5, 0.6) is 0 Å². The van der Waals surface area contributed by atoms with Crippen LogP contribution < -0.4 is 22.1 Å². The number of amides is 1. The standard InChI is InChI=1S/C25H26F4N8O2/c1-14(31)10-32-13-18(9-30)35-23-33-11-17(12-34-23)15-2-3-16(19(26)6-15)7-22(38)36-21-8-20(39-37-21)24(4-5-24)25(27,28)29/h2-3,6,8-9,11-14H,4-5,7,10,30-31H2,1H3,(H,33,34,35)(H,36,37,38). The first-order valence-corrected chi connectivity index (χ1v) is 11.9. The smallest absolute Gasteiger partial charge is 0.401 e. The van der Waals surface area contributed by atoms with E-state index >= 15 is 0 Å². The van der Waals surface area contributed by atoms with Crippen molar-refractivity contribution < 1.29 is 26.9 Å². The van der Waals surface area contributed by atoms with Gasteiger partial charge in [0, 0.05) is 42.5 Å². The largest absolute Gasteiger partial charge is 0.403 e. The quantitative estimate of drug-likeness (QED) is 0.222. The van der Waals surface area contributed by atoms with Crippen LogP contribution >= 0.6 is 0 Å². The van der Waals surface area contributed by atoms with Crippen molar-refractivity contribution in [3.05, 3.63) is 65.7 Å². The molecule has 2 aromatic heterocycles. The van der Waals surface area contributed by atoms with Crippen molar-refractivity contribution in [2.24, 2.45) is 16.5 Å². The second kappa shape index (κ2) is 11.2. The Morgan fingerprint density at radius 2 is 1.92 bits per heavy atom. The molecule has 0 bridgehead atoms. The molecule has 6 N–H and O–H groups in total. The molecule has 1 aromatic carbocycles. The minimum Gasteiger partial charge on any atom is -0.403 e. The zero-order chi connectivity index (χ0) is 28.2. The van der Waals surface area contributed by atoms with E-state index in [9.17, 15) is 22.4 Å². The van der Waals surface area contributed by atoms with Crippen molar-refractivity contribution in [3.63, 3.8) is 0 Å². The summed E-state index contributed by atoms with van der Waals surface area (Å²) in [6.07, 6.45) is 0.754. The average molecular weight is 547 g/mol. The Kier molecular flexibility index (Phi) is 7.95. The summed E-state index contributed by atoms with van der Waals surface area (Å²) in [6.45, 7) is 2.25. The Balaban J connectivity index is 1.36. The highest BCUT2D eigenvalue weighted by atomic mass is 19.4. The molecule has 1 aliphatic rings. The van der Waals surface area contributed by atoms with E-state index in [1.54, 1.807) is 6.07 Å². The van der Waals surface area contributed by atoms with Gasteiger partial charge in [0.05, 0.1) is 18.7 Å². The summed E-state index contributed by atoms with van der Waals surface area (Å²) in [5.41, 5.74) is 10.7. The Morgan fingerprint density at radius 1 is 1.21 bits per heavy atom. The molecular formula is C25H26F4N8O2. The first-order valence-electron chi connectivity index (χ1n) is 11.9. The molecule has 0 spiro atoms. The Bertz CT molecular complexity index is 1380. The fraction of sp³-hybridized carbons (Fsp3) is 0.320. The normalized spacial score (nSPS) is 15.8. The minimum atomic E-state index is -4.47. The number of allylic oxidation sites excluding steroid dienone is 1. The molecule has 14 heteroatoms. The van der Waals surface area contributed by atoms with Crippen LogP contribution in [-0.4, -0.2) is 46.0 Å². The number of carbonyl (C=O) groups is 1. The van der Waals surface area contributed by atoms with Gasteiger partial charge in [0.15, 0.2) is 11.6 Å². The molecule has 1 saturated carbocycles. The third kappa shape index (κ3) is 6.57. The highest BCUT2D eigenvalue weighted by Gasteiger charge is 2.66. The summed E-state index contributed by atoms with van der Waals surface area (Å²) < 4.78 is 59.3. The summed E-state index contributed by atoms with van der Waals surface area (Å²) in [7, 11) is 0. The molecule has 2 heterocycles. The first kappa shape index (κ1) is 27.7. The molecule has 0 saturated heterocycles. The first-order chi connectivity index (χ1) is 18.5. The van der Waals surface area contributed by atoms with Crippen LogP contribution in [0, 0.1) is 5.82 Å². The number of nitrogens with two attached hydrogens (primary N) is 2. The minimum absolute atomic E-state index is 0.0805. The summed E-state index contributed by atoms with van der Waals surface area (Å²) in [5.74, 6) is -1.59. The lowest BCUT2D eigenvalue weighted by Crippen LogP contribution is -2.28. The van der Waals surface area contributed by atoms with Crippen molar-refractivity contribution in [3.8, 4) is 11.1 Å². The van der Waals surface area contributed by atoms with Gasteiger partial charge in [-0.1, -0.05) is 17.3 Å². The van der Waals surface area contributed by atoms with E-state index in [0.29, 0.717) is 23.4 Å². The van der Waals surface area contributed by atoms with Crippen LogP contribution in [0.1, 0.15) is 31.1 Å². The number of anilines is 2. The van der Waals surface area contributed by atoms with Gasteiger partial charge < -0.3 is 26.6 Å². The van der Waals surface area contributed by atoms with Gasteiger partial charge in [-0.3, -0.25) is 9.79 Å². The maximum absolute atomic E-state index is 14.8.